The van der Waals surface area contributed by atoms with Gasteiger partial charge in [-0.15, -0.1) is 0 Å². The number of nitrogens with zero attached hydrogens (tertiary/aromatic N) is 1. The van der Waals surface area contributed by atoms with E-state index >= 15 is 0 Å². The Morgan fingerprint density at radius 3 is 2.44 bits per heavy atom. The van der Waals surface area contributed by atoms with Gasteiger partial charge in [0.1, 0.15) is 11.6 Å². The van der Waals surface area contributed by atoms with E-state index in [4.69, 9.17) is 5.11 Å². The van der Waals surface area contributed by atoms with Crippen molar-refractivity contribution in [2.45, 2.75) is 18.9 Å². The molecule has 0 aromatic heterocycles. The van der Waals surface area contributed by atoms with E-state index < -0.39 is 23.0 Å². The van der Waals surface area contributed by atoms with E-state index in [9.17, 15) is 13.6 Å². The number of rotatable bonds is 6. The number of hydrogen-bond acceptors (Lipinski definition) is 3. The second-order valence-corrected chi connectivity index (χ2v) is 4.45. The fourth-order valence-corrected chi connectivity index (χ4v) is 1.99. The summed E-state index contributed by atoms with van der Waals surface area (Å²) < 4.78 is 26.9. The van der Waals surface area contributed by atoms with Gasteiger partial charge in [0.05, 0.1) is 18.7 Å². The van der Waals surface area contributed by atoms with Crippen molar-refractivity contribution >= 4 is 5.78 Å². The van der Waals surface area contributed by atoms with Crippen LogP contribution in [0.5, 0.6) is 0 Å². The van der Waals surface area contributed by atoms with Gasteiger partial charge in [-0.3, -0.25) is 9.69 Å². The molecule has 0 spiro atoms. The van der Waals surface area contributed by atoms with E-state index in [-0.39, 0.29) is 19.2 Å². The number of hydrogen-bond donors (Lipinski definition) is 1. The van der Waals surface area contributed by atoms with Gasteiger partial charge in [0, 0.05) is 12.6 Å². The van der Waals surface area contributed by atoms with Crippen molar-refractivity contribution in [3.8, 4) is 0 Å². The normalized spacial score (nSPS) is 15.1. The molecule has 3 nitrogen and oxygen atoms in total. The summed E-state index contributed by atoms with van der Waals surface area (Å²) in [6.45, 7) is 0.235. The molecule has 1 aromatic carbocycles. The summed E-state index contributed by atoms with van der Waals surface area (Å²) in [5, 5.41) is 8.90. The fraction of sp³-hybridized carbons (Fsp3) is 0.462. The van der Waals surface area contributed by atoms with Crippen molar-refractivity contribution in [1.29, 1.82) is 0 Å². The molecule has 1 fully saturated rings. The summed E-state index contributed by atoms with van der Waals surface area (Å²) in [6, 6.07) is 3.64. The van der Waals surface area contributed by atoms with Gasteiger partial charge in [-0.2, -0.15) is 0 Å². The molecule has 1 aliphatic rings. The molecule has 0 atom stereocenters. The van der Waals surface area contributed by atoms with Crippen LogP contribution in [0.4, 0.5) is 8.78 Å². The molecular formula is C13H15F2NO2. The Morgan fingerprint density at radius 1 is 1.33 bits per heavy atom. The van der Waals surface area contributed by atoms with E-state index in [1.165, 1.54) is 6.07 Å². The second kappa shape index (κ2) is 5.54. The molecule has 0 aliphatic heterocycles. The van der Waals surface area contributed by atoms with Crippen LogP contribution in [0, 0.1) is 11.6 Å². The van der Waals surface area contributed by atoms with Crippen LogP contribution in [0.1, 0.15) is 23.2 Å². The van der Waals surface area contributed by atoms with Gasteiger partial charge in [0.2, 0.25) is 0 Å². The van der Waals surface area contributed by atoms with Crippen LogP contribution in [0.2, 0.25) is 0 Å². The highest BCUT2D eigenvalue weighted by Gasteiger charge is 2.31. The summed E-state index contributed by atoms with van der Waals surface area (Å²) in [5.74, 6) is -2.24. The molecule has 0 unspecified atom stereocenters. The zero-order valence-corrected chi connectivity index (χ0v) is 9.90. The summed E-state index contributed by atoms with van der Waals surface area (Å²) >= 11 is 0. The molecule has 1 aliphatic carbocycles. The molecule has 18 heavy (non-hydrogen) atoms. The fourth-order valence-electron chi connectivity index (χ4n) is 1.99. The highest BCUT2D eigenvalue weighted by Crippen LogP contribution is 2.27. The zero-order valence-electron chi connectivity index (χ0n) is 9.90. The largest absolute Gasteiger partial charge is 0.395 e. The number of benzene rings is 1. The lowest BCUT2D eigenvalue weighted by molar-refractivity contribution is 0.0899. The monoisotopic (exact) mass is 255 g/mol. The maximum absolute atomic E-state index is 13.4. The average Bonchev–Trinajstić information content (AvgIpc) is 3.12. The molecule has 0 bridgehead atoms. The molecule has 1 aromatic rings. The van der Waals surface area contributed by atoms with Crippen LogP contribution < -0.4 is 0 Å². The third kappa shape index (κ3) is 2.91. The van der Waals surface area contributed by atoms with Crippen LogP contribution in [-0.4, -0.2) is 41.5 Å². The number of ketones is 1. The van der Waals surface area contributed by atoms with Gasteiger partial charge in [0.25, 0.3) is 0 Å². The molecule has 0 heterocycles. The SMILES string of the molecule is O=C(CN(CCO)C1CC1)c1c(F)cccc1F. The Kier molecular flexibility index (Phi) is 4.04. The first kappa shape index (κ1) is 13.1. The van der Waals surface area contributed by atoms with Gasteiger partial charge < -0.3 is 5.11 Å². The smallest absolute Gasteiger partial charge is 0.182 e. The first-order valence-corrected chi connectivity index (χ1v) is 5.95. The summed E-state index contributed by atoms with van der Waals surface area (Å²) in [4.78, 5) is 13.7. The zero-order chi connectivity index (χ0) is 13.1. The van der Waals surface area contributed by atoms with Crippen LogP contribution in [0.15, 0.2) is 18.2 Å². The molecule has 0 saturated heterocycles. The molecule has 1 saturated carbocycles. The number of Topliss-reactive ketones (excluding diaryl/α,β-unsaturated/α-hetero) is 1. The molecule has 0 amide bonds. The molecule has 98 valence electrons. The maximum Gasteiger partial charge on any atom is 0.182 e. The van der Waals surface area contributed by atoms with Crippen molar-refractivity contribution in [2.24, 2.45) is 0 Å². The van der Waals surface area contributed by atoms with Crippen LogP contribution in [0.25, 0.3) is 0 Å². The molecule has 0 radical (unpaired) electrons. The Bertz CT molecular complexity index is 426. The highest BCUT2D eigenvalue weighted by atomic mass is 19.1. The minimum Gasteiger partial charge on any atom is -0.395 e. The number of halogens is 2. The lowest BCUT2D eigenvalue weighted by atomic mass is 10.1. The van der Waals surface area contributed by atoms with Crippen molar-refractivity contribution in [1.82, 2.24) is 4.90 Å². The van der Waals surface area contributed by atoms with Gasteiger partial charge in [0.15, 0.2) is 5.78 Å². The van der Waals surface area contributed by atoms with Gasteiger partial charge in [-0.1, -0.05) is 6.07 Å². The first-order chi connectivity index (χ1) is 8.63. The minimum absolute atomic E-state index is 0.0525. The standard InChI is InChI=1S/C13H15F2NO2/c14-10-2-1-3-11(15)13(10)12(18)8-16(6-7-17)9-4-5-9/h1-3,9,17H,4-8H2. The average molecular weight is 255 g/mol. The van der Waals surface area contributed by atoms with Crippen molar-refractivity contribution < 1.29 is 18.7 Å². The molecule has 2 rings (SSSR count). The van der Waals surface area contributed by atoms with E-state index in [2.05, 4.69) is 0 Å². The van der Waals surface area contributed by atoms with Crippen molar-refractivity contribution in [2.75, 3.05) is 19.7 Å². The maximum atomic E-state index is 13.4. The Hall–Kier alpha value is -1.33. The van der Waals surface area contributed by atoms with E-state index in [0.717, 1.165) is 25.0 Å². The number of aliphatic hydroxyl groups excluding tert-OH is 1. The van der Waals surface area contributed by atoms with Crippen LogP contribution in [0.3, 0.4) is 0 Å². The molecule has 5 heteroatoms. The number of aliphatic hydroxyl groups is 1. The lowest BCUT2D eigenvalue weighted by Gasteiger charge is -2.19. The van der Waals surface area contributed by atoms with E-state index in [1.54, 1.807) is 4.90 Å². The topological polar surface area (TPSA) is 40.5 Å². The third-order valence-electron chi connectivity index (χ3n) is 3.04. The quantitative estimate of drug-likeness (QED) is 0.785. The Morgan fingerprint density at radius 2 is 1.94 bits per heavy atom. The van der Waals surface area contributed by atoms with Crippen molar-refractivity contribution in [3.05, 3.63) is 35.4 Å². The number of carbonyl (C=O) groups is 1. The highest BCUT2D eigenvalue weighted by molar-refractivity contribution is 5.98. The van der Waals surface area contributed by atoms with Crippen LogP contribution >= 0.6 is 0 Å². The molecule has 1 N–H and O–H groups in total. The van der Waals surface area contributed by atoms with Gasteiger partial charge in [-0.25, -0.2) is 8.78 Å². The summed E-state index contributed by atoms with van der Waals surface area (Å²) in [5.41, 5.74) is -0.485. The third-order valence-corrected chi connectivity index (χ3v) is 3.04. The van der Waals surface area contributed by atoms with Crippen molar-refractivity contribution in [3.63, 3.8) is 0 Å². The Balaban J connectivity index is 2.10. The minimum atomic E-state index is -0.834. The molecular weight excluding hydrogens is 240 g/mol. The van der Waals surface area contributed by atoms with Crippen LogP contribution in [-0.2, 0) is 0 Å². The predicted octanol–water partition coefficient (Wildman–Crippen LogP) is 1.60. The lowest BCUT2D eigenvalue weighted by Crippen LogP contribution is -2.34. The second-order valence-electron chi connectivity index (χ2n) is 4.45. The summed E-state index contributed by atoms with van der Waals surface area (Å²) in [6.07, 6.45) is 1.93. The predicted molar refractivity (Wildman–Crippen MR) is 62.4 cm³/mol. The first-order valence-electron chi connectivity index (χ1n) is 5.95. The summed E-state index contributed by atoms with van der Waals surface area (Å²) in [7, 11) is 0. The van der Waals surface area contributed by atoms with Gasteiger partial charge in [-0.05, 0) is 25.0 Å². The number of carbonyl (C=O) groups excluding carboxylic acids is 1. The van der Waals surface area contributed by atoms with E-state index in [1.807, 2.05) is 0 Å². The van der Waals surface area contributed by atoms with Gasteiger partial charge >= 0.3 is 0 Å². The Labute approximate surface area is 104 Å². The van der Waals surface area contributed by atoms with E-state index in [0.29, 0.717) is 6.54 Å².